The van der Waals surface area contributed by atoms with Crippen LogP contribution < -0.4 is 15.4 Å². The summed E-state index contributed by atoms with van der Waals surface area (Å²) in [6.07, 6.45) is -0.0956. The van der Waals surface area contributed by atoms with Crippen molar-refractivity contribution in [2.24, 2.45) is 0 Å². The fourth-order valence-corrected chi connectivity index (χ4v) is 2.11. The zero-order chi connectivity index (χ0) is 14.4. The van der Waals surface area contributed by atoms with E-state index in [-0.39, 0.29) is 30.5 Å². The molecule has 1 aromatic carbocycles. The molecule has 6 heteroatoms. The maximum atomic E-state index is 12.0. The minimum absolute atomic E-state index is 0. The summed E-state index contributed by atoms with van der Waals surface area (Å²) in [5.74, 6) is 0.780. The first-order valence-corrected chi connectivity index (χ1v) is 6.99. The van der Waals surface area contributed by atoms with Crippen LogP contribution in [0.5, 0.6) is 5.75 Å². The fourth-order valence-electron chi connectivity index (χ4n) is 2.11. The van der Waals surface area contributed by atoms with Gasteiger partial charge < -0.3 is 20.1 Å². The van der Waals surface area contributed by atoms with Crippen molar-refractivity contribution in [3.63, 3.8) is 0 Å². The quantitative estimate of drug-likeness (QED) is 0.804. The minimum Gasteiger partial charge on any atom is -0.492 e. The SMILES string of the molecule is Cc1ccc(OCCNC(=O)[C@H]2NCCO[C@@H]2C)cc1.Cl. The topological polar surface area (TPSA) is 59.6 Å². The number of amides is 1. The number of nitrogens with one attached hydrogen (secondary N) is 2. The molecule has 1 heterocycles. The van der Waals surface area contributed by atoms with E-state index in [9.17, 15) is 4.79 Å². The van der Waals surface area contributed by atoms with Gasteiger partial charge in [0.25, 0.3) is 0 Å². The van der Waals surface area contributed by atoms with E-state index in [2.05, 4.69) is 10.6 Å². The third-order valence-corrected chi connectivity index (χ3v) is 3.29. The number of morpholine rings is 1. The summed E-state index contributed by atoms with van der Waals surface area (Å²) in [5.41, 5.74) is 1.20. The molecule has 1 saturated heterocycles. The molecule has 1 fully saturated rings. The number of rotatable bonds is 5. The van der Waals surface area contributed by atoms with Crippen LogP contribution in [0, 0.1) is 6.92 Å². The number of carbonyl (C=O) groups is 1. The molecule has 0 aromatic heterocycles. The molecule has 118 valence electrons. The molecule has 1 aromatic rings. The Bertz CT molecular complexity index is 439. The van der Waals surface area contributed by atoms with Crippen LogP contribution in [-0.2, 0) is 9.53 Å². The molecular formula is C15H23ClN2O3. The molecule has 0 unspecified atom stereocenters. The summed E-state index contributed by atoms with van der Waals surface area (Å²) in [6, 6.07) is 7.58. The molecule has 21 heavy (non-hydrogen) atoms. The number of hydrogen-bond acceptors (Lipinski definition) is 4. The van der Waals surface area contributed by atoms with Gasteiger partial charge >= 0.3 is 0 Å². The highest BCUT2D eigenvalue weighted by atomic mass is 35.5. The van der Waals surface area contributed by atoms with Crippen molar-refractivity contribution in [2.45, 2.75) is 26.0 Å². The van der Waals surface area contributed by atoms with E-state index in [4.69, 9.17) is 9.47 Å². The molecular weight excluding hydrogens is 292 g/mol. The summed E-state index contributed by atoms with van der Waals surface area (Å²) < 4.78 is 11.0. The van der Waals surface area contributed by atoms with E-state index in [1.807, 2.05) is 38.1 Å². The predicted octanol–water partition coefficient (Wildman–Crippen LogP) is 1.29. The number of hydrogen-bond donors (Lipinski definition) is 2. The van der Waals surface area contributed by atoms with E-state index < -0.39 is 0 Å². The molecule has 0 saturated carbocycles. The zero-order valence-corrected chi connectivity index (χ0v) is 13.2. The van der Waals surface area contributed by atoms with Gasteiger partial charge in [0, 0.05) is 6.54 Å². The lowest BCUT2D eigenvalue weighted by Gasteiger charge is -2.29. The van der Waals surface area contributed by atoms with Crippen LogP contribution in [0.3, 0.4) is 0 Å². The summed E-state index contributed by atoms with van der Waals surface area (Å²) in [7, 11) is 0. The second kappa shape index (κ2) is 8.87. The molecule has 2 rings (SSSR count). The van der Waals surface area contributed by atoms with Crippen LogP contribution in [0.15, 0.2) is 24.3 Å². The third kappa shape index (κ3) is 5.53. The Kier molecular flexibility index (Phi) is 7.50. The van der Waals surface area contributed by atoms with Crippen molar-refractivity contribution in [3.05, 3.63) is 29.8 Å². The average molecular weight is 315 g/mol. The van der Waals surface area contributed by atoms with Crippen LogP contribution in [0.4, 0.5) is 0 Å². The van der Waals surface area contributed by atoms with Crippen molar-refractivity contribution >= 4 is 18.3 Å². The average Bonchev–Trinajstić information content (AvgIpc) is 2.46. The molecule has 0 aliphatic carbocycles. The van der Waals surface area contributed by atoms with Crippen LogP contribution in [0.1, 0.15) is 12.5 Å². The smallest absolute Gasteiger partial charge is 0.239 e. The van der Waals surface area contributed by atoms with Gasteiger partial charge in [0.15, 0.2) is 0 Å². The monoisotopic (exact) mass is 314 g/mol. The molecule has 2 atom stereocenters. The number of carbonyl (C=O) groups excluding carboxylic acids is 1. The van der Waals surface area contributed by atoms with E-state index in [1.54, 1.807) is 0 Å². The van der Waals surface area contributed by atoms with Gasteiger partial charge in [-0.3, -0.25) is 4.79 Å². The standard InChI is InChI=1S/C15H22N2O3.ClH/c1-11-3-5-13(6-4-11)20-10-8-17-15(18)14-12(2)19-9-7-16-14;/h3-6,12,14,16H,7-10H2,1-2H3,(H,17,18);1H/t12-,14+;/m1./s1. The highest BCUT2D eigenvalue weighted by Gasteiger charge is 2.27. The van der Waals surface area contributed by atoms with Gasteiger partial charge in [0.2, 0.25) is 5.91 Å². The Morgan fingerprint density at radius 2 is 2.14 bits per heavy atom. The molecule has 0 radical (unpaired) electrons. The molecule has 5 nitrogen and oxygen atoms in total. The number of benzene rings is 1. The van der Waals surface area contributed by atoms with Gasteiger partial charge in [-0.15, -0.1) is 12.4 Å². The van der Waals surface area contributed by atoms with Gasteiger partial charge in [-0.1, -0.05) is 17.7 Å². The van der Waals surface area contributed by atoms with Gasteiger partial charge in [-0.05, 0) is 26.0 Å². The van der Waals surface area contributed by atoms with Crippen molar-refractivity contribution in [3.8, 4) is 5.75 Å². The fraction of sp³-hybridized carbons (Fsp3) is 0.533. The summed E-state index contributed by atoms with van der Waals surface area (Å²) >= 11 is 0. The first-order chi connectivity index (χ1) is 9.66. The lowest BCUT2D eigenvalue weighted by atomic mass is 10.1. The molecule has 1 aliphatic heterocycles. The van der Waals surface area contributed by atoms with Crippen LogP contribution in [0.2, 0.25) is 0 Å². The third-order valence-electron chi connectivity index (χ3n) is 3.29. The first kappa shape index (κ1) is 17.8. The Labute approximate surface area is 131 Å². The highest BCUT2D eigenvalue weighted by Crippen LogP contribution is 2.10. The van der Waals surface area contributed by atoms with Crippen LogP contribution in [-0.4, -0.2) is 44.4 Å². The Morgan fingerprint density at radius 3 is 2.81 bits per heavy atom. The first-order valence-electron chi connectivity index (χ1n) is 6.99. The van der Waals surface area contributed by atoms with E-state index in [0.29, 0.717) is 26.3 Å². The second-order valence-corrected chi connectivity index (χ2v) is 4.96. The van der Waals surface area contributed by atoms with Gasteiger partial charge in [0.05, 0.1) is 19.3 Å². The minimum atomic E-state index is -0.275. The summed E-state index contributed by atoms with van der Waals surface area (Å²) in [5, 5.41) is 6.01. The largest absolute Gasteiger partial charge is 0.492 e. The van der Waals surface area contributed by atoms with Crippen molar-refractivity contribution in [1.29, 1.82) is 0 Å². The van der Waals surface area contributed by atoms with Crippen LogP contribution >= 0.6 is 12.4 Å². The Balaban J connectivity index is 0.00000220. The maximum absolute atomic E-state index is 12.0. The molecule has 0 bridgehead atoms. The summed E-state index contributed by atoms with van der Waals surface area (Å²) in [6.45, 7) is 6.24. The zero-order valence-electron chi connectivity index (χ0n) is 12.4. The van der Waals surface area contributed by atoms with Crippen molar-refractivity contribution in [2.75, 3.05) is 26.3 Å². The molecule has 1 aliphatic rings. The van der Waals surface area contributed by atoms with E-state index in [0.717, 1.165) is 5.75 Å². The maximum Gasteiger partial charge on any atom is 0.239 e. The van der Waals surface area contributed by atoms with E-state index in [1.165, 1.54) is 5.56 Å². The lowest BCUT2D eigenvalue weighted by Crippen LogP contribution is -2.55. The molecule has 1 amide bonds. The normalized spacial score (nSPS) is 21.2. The Morgan fingerprint density at radius 1 is 1.43 bits per heavy atom. The second-order valence-electron chi connectivity index (χ2n) is 4.96. The highest BCUT2D eigenvalue weighted by molar-refractivity contribution is 5.85. The number of aryl methyl sites for hydroxylation is 1. The number of halogens is 1. The molecule has 2 N–H and O–H groups in total. The molecule has 0 spiro atoms. The van der Waals surface area contributed by atoms with Gasteiger partial charge in [0.1, 0.15) is 18.4 Å². The predicted molar refractivity (Wildman–Crippen MR) is 84.1 cm³/mol. The van der Waals surface area contributed by atoms with Crippen molar-refractivity contribution < 1.29 is 14.3 Å². The van der Waals surface area contributed by atoms with Crippen LogP contribution in [0.25, 0.3) is 0 Å². The van der Waals surface area contributed by atoms with Crippen molar-refractivity contribution in [1.82, 2.24) is 10.6 Å². The summed E-state index contributed by atoms with van der Waals surface area (Å²) in [4.78, 5) is 12.0. The van der Waals surface area contributed by atoms with Gasteiger partial charge in [-0.25, -0.2) is 0 Å². The number of ether oxygens (including phenoxy) is 2. The van der Waals surface area contributed by atoms with Gasteiger partial charge in [-0.2, -0.15) is 0 Å². The lowest BCUT2D eigenvalue weighted by molar-refractivity contribution is -0.129. The Hall–Kier alpha value is -1.30. The van der Waals surface area contributed by atoms with E-state index >= 15 is 0 Å².